The second-order valence-electron chi connectivity index (χ2n) is 12.6. The monoisotopic (exact) mass is 626 g/mol. The van der Waals surface area contributed by atoms with Crippen molar-refractivity contribution in [3.05, 3.63) is 158 Å². The van der Waals surface area contributed by atoms with Crippen LogP contribution in [0.25, 0.3) is 99.3 Å². The molecule has 0 amide bonds. The molecule has 0 bridgehead atoms. The summed E-state index contributed by atoms with van der Waals surface area (Å²) in [6, 6.07) is 55.4. The SMILES string of the molecule is c1ccc2c(-c3ccc4c(c3)oc3ccccc34)nc(-n3c4ccccc4c4cc(-n5c6ccccc6c6ccccc65)ccc43)nc2c1. The molecule has 0 aliphatic heterocycles. The van der Waals surface area contributed by atoms with Crippen molar-refractivity contribution in [2.45, 2.75) is 0 Å². The van der Waals surface area contributed by atoms with Crippen LogP contribution in [0.4, 0.5) is 0 Å². The molecule has 0 radical (unpaired) electrons. The van der Waals surface area contributed by atoms with Crippen LogP contribution < -0.4 is 0 Å². The van der Waals surface area contributed by atoms with Crippen molar-refractivity contribution in [3.63, 3.8) is 0 Å². The Labute approximate surface area is 279 Å². The zero-order chi connectivity index (χ0) is 32.1. The van der Waals surface area contributed by atoms with E-state index in [4.69, 9.17) is 14.4 Å². The molecular formula is C44H26N4O. The fraction of sp³-hybridized carbons (Fsp3) is 0. The van der Waals surface area contributed by atoms with Gasteiger partial charge in [-0.25, -0.2) is 9.97 Å². The number of hydrogen-bond donors (Lipinski definition) is 0. The minimum absolute atomic E-state index is 0.634. The van der Waals surface area contributed by atoms with Crippen LogP contribution in [0.3, 0.4) is 0 Å². The molecular weight excluding hydrogens is 601 g/mol. The molecule has 0 aliphatic rings. The lowest BCUT2D eigenvalue weighted by Gasteiger charge is -2.12. The Hall–Kier alpha value is -6.72. The van der Waals surface area contributed by atoms with E-state index in [0.717, 1.165) is 71.6 Å². The van der Waals surface area contributed by atoms with E-state index in [2.05, 4.69) is 137 Å². The summed E-state index contributed by atoms with van der Waals surface area (Å²) in [5.41, 5.74) is 10.1. The molecule has 11 rings (SSSR count). The molecule has 0 atom stereocenters. The van der Waals surface area contributed by atoms with Gasteiger partial charge in [-0.15, -0.1) is 0 Å². The third-order valence-corrected chi connectivity index (χ3v) is 9.94. The Morgan fingerprint density at radius 1 is 0.388 bits per heavy atom. The standard InChI is InChI=1S/C44H26N4O/c1-6-16-36-34(15-1)43(27-21-23-33-32-14-5-10-20-41(32)49-42(33)25-27)46-44(45-36)48-39-19-9-4-13-31(39)35-26-28(22-24-40(35)48)47-37-17-7-2-11-29(37)30-12-3-8-18-38(30)47/h1-26H. The summed E-state index contributed by atoms with van der Waals surface area (Å²) in [6.07, 6.45) is 0. The number of hydrogen-bond acceptors (Lipinski definition) is 3. The van der Waals surface area contributed by atoms with Gasteiger partial charge in [-0.05, 0) is 60.7 Å². The minimum Gasteiger partial charge on any atom is -0.456 e. The Kier molecular flexibility index (Phi) is 5.32. The molecule has 5 nitrogen and oxygen atoms in total. The van der Waals surface area contributed by atoms with Crippen molar-refractivity contribution in [1.29, 1.82) is 0 Å². The first-order valence-corrected chi connectivity index (χ1v) is 16.5. The molecule has 4 aromatic heterocycles. The molecule has 0 saturated carbocycles. The molecule has 0 spiro atoms. The van der Waals surface area contributed by atoms with Crippen LogP contribution in [0.1, 0.15) is 0 Å². The molecule has 0 fully saturated rings. The molecule has 228 valence electrons. The quantitative estimate of drug-likeness (QED) is 0.196. The number of fused-ring (bicyclic) bond motifs is 10. The van der Waals surface area contributed by atoms with Gasteiger partial charge >= 0.3 is 0 Å². The number of benzene rings is 7. The molecule has 0 N–H and O–H groups in total. The van der Waals surface area contributed by atoms with Crippen LogP contribution in [0, 0.1) is 0 Å². The van der Waals surface area contributed by atoms with Crippen LogP contribution in [-0.4, -0.2) is 19.1 Å². The highest BCUT2D eigenvalue weighted by Gasteiger charge is 2.19. The highest BCUT2D eigenvalue weighted by Crippen LogP contribution is 2.38. The number of nitrogens with zero attached hydrogens (tertiary/aromatic N) is 4. The van der Waals surface area contributed by atoms with Crippen LogP contribution in [0.5, 0.6) is 0 Å². The second-order valence-corrected chi connectivity index (χ2v) is 12.6. The van der Waals surface area contributed by atoms with Crippen molar-refractivity contribution in [2.75, 3.05) is 0 Å². The zero-order valence-electron chi connectivity index (χ0n) is 26.2. The first-order valence-electron chi connectivity index (χ1n) is 16.5. The highest BCUT2D eigenvalue weighted by atomic mass is 16.3. The number of aromatic nitrogens is 4. The molecule has 7 aromatic carbocycles. The fourth-order valence-electron chi connectivity index (χ4n) is 7.77. The van der Waals surface area contributed by atoms with E-state index in [-0.39, 0.29) is 0 Å². The van der Waals surface area contributed by atoms with Gasteiger partial charge in [0.1, 0.15) is 11.2 Å². The van der Waals surface area contributed by atoms with Gasteiger partial charge in [0.2, 0.25) is 5.95 Å². The first-order chi connectivity index (χ1) is 24.3. The van der Waals surface area contributed by atoms with E-state index in [1.165, 1.54) is 21.8 Å². The summed E-state index contributed by atoms with van der Waals surface area (Å²) in [4.78, 5) is 10.5. The van der Waals surface area contributed by atoms with Gasteiger partial charge < -0.3 is 8.98 Å². The van der Waals surface area contributed by atoms with Crippen molar-refractivity contribution in [1.82, 2.24) is 19.1 Å². The lowest BCUT2D eigenvalue weighted by molar-refractivity contribution is 0.669. The minimum atomic E-state index is 0.634. The van der Waals surface area contributed by atoms with Gasteiger partial charge in [0.05, 0.1) is 33.3 Å². The van der Waals surface area contributed by atoms with Crippen molar-refractivity contribution in [3.8, 4) is 22.9 Å². The van der Waals surface area contributed by atoms with Crippen LogP contribution in [0.2, 0.25) is 0 Å². The molecule has 0 unspecified atom stereocenters. The average Bonchev–Trinajstić information content (AvgIpc) is 3.81. The van der Waals surface area contributed by atoms with Gasteiger partial charge in [-0.2, -0.15) is 0 Å². The maximum absolute atomic E-state index is 6.29. The highest BCUT2D eigenvalue weighted by molar-refractivity contribution is 6.12. The molecule has 11 aromatic rings. The summed E-state index contributed by atoms with van der Waals surface area (Å²) < 4.78 is 10.9. The smallest absolute Gasteiger partial charge is 0.235 e. The molecule has 0 saturated heterocycles. The third kappa shape index (κ3) is 3.75. The van der Waals surface area contributed by atoms with Gasteiger partial charge in [0.25, 0.3) is 0 Å². The van der Waals surface area contributed by atoms with E-state index >= 15 is 0 Å². The van der Waals surface area contributed by atoms with Gasteiger partial charge in [-0.1, -0.05) is 97.1 Å². The average molecular weight is 627 g/mol. The van der Waals surface area contributed by atoms with E-state index in [0.29, 0.717) is 5.95 Å². The van der Waals surface area contributed by atoms with Crippen molar-refractivity contribution in [2.24, 2.45) is 0 Å². The number of rotatable bonds is 3. The topological polar surface area (TPSA) is 48.8 Å². The van der Waals surface area contributed by atoms with Crippen LogP contribution >= 0.6 is 0 Å². The maximum Gasteiger partial charge on any atom is 0.235 e. The molecule has 0 aliphatic carbocycles. The largest absolute Gasteiger partial charge is 0.456 e. The number of para-hydroxylation sites is 5. The summed E-state index contributed by atoms with van der Waals surface area (Å²) in [6.45, 7) is 0. The Balaban J connectivity index is 1.16. The predicted molar refractivity (Wildman–Crippen MR) is 201 cm³/mol. The van der Waals surface area contributed by atoms with Gasteiger partial charge in [0.15, 0.2) is 0 Å². The second kappa shape index (κ2) is 9.89. The Morgan fingerprint density at radius 3 is 1.71 bits per heavy atom. The van der Waals surface area contributed by atoms with E-state index in [1.807, 2.05) is 30.3 Å². The number of furan rings is 1. The van der Waals surface area contributed by atoms with Gasteiger partial charge in [0, 0.05) is 49.0 Å². The zero-order valence-corrected chi connectivity index (χ0v) is 26.2. The lowest BCUT2D eigenvalue weighted by Crippen LogP contribution is -2.03. The Bertz CT molecular complexity index is 3070. The summed E-state index contributed by atoms with van der Waals surface area (Å²) >= 11 is 0. The van der Waals surface area contributed by atoms with Crippen molar-refractivity contribution >= 4 is 76.5 Å². The summed E-state index contributed by atoms with van der Waals surface area (Å²) in [5, 5.41) is 8.01. The third-order valence-electron chi connectivity index (χ3n) is 9.94. The predicted octanol–water partition coefficient (Wildman–Crippen LogP) is 11.4. The van der Waals surface area contributed by atoms with E-state index < -0.39 is 0 Å². The van der Waals surface area contributed by atoms with Crippen LogP contribution in [-0.2, 0) is 0 Å². The fourth-order valence-corrected chi connectivity index (χ4v) is 7.77. The molecule has 5 heteroatoms. The molecule has 49 heavy (non-hydrogen) atoms. The summed E-state index contributed by atoms with van der Waals surface area (Å²) in [5.74, 6) is 0.634. The maximum atomic E-state index is 6.29. The van der Waals surface area contributed by atoms with Crippen LogP contribution in [0.15, 0.2) is 162 Å². The Morgan fingerprint density at radius 2 is 0.959 bits per heavy atom. The summed E-state index contributed by atoms with van der Waals surface area (Å²) in [7, 11) is 0. The lowest BCUT2D eigenvalue weighted by atomic mass is 10.0. The normalized spacial score (nSPS) is 12.1. The van der Waals surface area contributed by atoms with Crippen molar-refractivity contribution < 1.29 is 4.42 Å². The first kappa shape index (κ1) is 26.4. The van der Waals surface area contributed by atoms with Gasteiger partial charge in [-0.3, -0.25) is 4.57 Å². The molecule has 4 heterocycles. The van der Waals surface area contributed by atoms with E-state index in [9.17, 15) is 0 Å². The van der Waals surface area contributed by atoms with E-state index in [1.54, 1.807) is 0 Å².